The first-order valence-electron chi connectivity index (χ1n) is 7.87. The third-order valence-electron chi connectivity index (χ3n) is 4.05. The molecule has 2 aromatic heterocycles. The number of rotatable bonds is 5. The van der Waals surface area contributed by atoms with Crippen molar-refractivity contribution in [1.29, 1.82) is 0 Å². The van der Waals surface area contributed by atoms with Gasteiger partial charge in [-0.1, -0.05) is 6.07 Å². The summed E-state index contributed by atoms with van der Waals surface area (Å²) < 4.78 is 5.14. The van der Waals surface area contributed by atoms with E-state index in [1.54, 1.807) is 28.4 Å². The Morgan fingerprint density at radius 2 is 1.87 bits per heavy atom. The quantitative estimate of drug-likeness (QED) is 0.846. The number of nitrogens with zero attached hydrogens (tertiary/aromatic N) is 2. The van der Waals surface area contributed by atoms with E-state index in [1.807, 2.05) is 11.0 Å². The number of carbonyl (C=O) groups is 2. The van der Waals surface area contributed by atoms with Gasteiger partial charge in [-0.05, 0) is 36.4 Å². The molecule has 6 heteroatoms. The van der Waals surface area contributed by atoms with Crippen LogP contribution in [0.5, 0.6) is 0 Å². The molecule has 0 N–H and O–H groups in total. The van der Waals surface area contributed by atoms with Crippen molar-refractivity contribution >= 4 is 23.2 Å². The van der Waals surface area contributed by atoms with Crippen molar-refractivity contribution in [3.63, 3.8) is 0 Å². The maximum Gasteiger partial charge on any atom is 0.289 e. The van der Waals surface area contributed by atoms with E-state index in [4.69, 9.17) is 4.42 Å². The summed E-state index contributed by atoms with van der Waals surface area (Å²) in [6, 6.07) is 7.52. The third kappa shape index (κ3) is 4.01. The lowest BCUT2D eigenvalue weighted by Gasteiger charge is -2.34. The normalized spacial score (nSPS) is 15.0. The summed E-state index contributed by atoms with van der Waals surface area (Å²) in [7, 11) is 0. The Bertz CT molecular complexity index is 629. The molecule has 2 aromatic rings. The second kappa shape index (κ2) is 7.46. The molecule has 5 nitrogen and oxygen atoms in total. The largest absolute Gasteiger partial charge is 0.459 e. The van der Waals surface area contributed by atoms with Crippen LogP contribution in [0.1, 0.15) is 28.3 Å². The second-order valence-corrected chi connectivity index (χ2v) is 6.62. The highest BCUT2D eigenvalue weighted by Crippen LogP contribution is 2.14. The van der Waals surface area contributed by atoms with Gasteiger partial charge in [0.05, 0.1) is 6.26 Å². The summed E-state index contributed by atoms with van der Waals surface area (Å²) in [6.07, 6.45) is 3.91. The number of thiophene rings is 1. The summed E-state index contributed by atoms with van der Waals surface area (Å²) in [5.41, 5.74) is 0. The Balaban J connectivity index is 1.41. The molecule has 0 aliphatic carbocycles. The zero-order valence-corrected chi connectivity index (χ0v) is 13.8. The molecule has 0 aromatic carbocycles. The Labute approximate surface area is 139 Å². The Morgan fingerprint density at radius 1 is 1.09 bits per heavy atom. The van der Waals surface area contributed by atoms with Crippen LogP contribution in [0.2, 0.25) is 0 Å². The number of piperazine rings is 1. The number of aryl methyl sites for hydroxylation is 1. The summed E-state index contributed by atoms with van der Waals surface area (Å²) in [6.45, 7) is 2.33. The Hall–Kier alpha value is -2.08. The Kier molecular flexibility index (Phi) is 5.12. The molecule has 0 bridgehead atoms. The molecular formula is C17H20N2O3S. The van der Waals surface area contributed by atoms with E-state index in [-0.39, 0.29) is 11.8 Å². The van der Waals surface area contributed by atoms with Crippen molar-refractivity contribution in [1.82, 2.24) is 9.80 Å². The van der Waals surface area contributed by atoms with Crippen LogP contribution in [0.25, 0.3) is 0 Å². The lowest BCUT2D eigenvalue weighted by Crippen LogP contribution is -2.50. The molecule has 1 aliphatic rings. The molecule has 0 saturated carbocycles. The molecule has 1 fully saturated rings. The SMILES string of the molecule is O=C(CCCc1cccs1)N1CCN(C(=O)c2ccco2)CC1. The molecule has 2 amide bonds. The van der Waals surface area contributed by atoms with E-state index in [2.05, 4.69) is 11.4 Å². The molecule has 122 valence electrons. The van der Waals surface area contributed by atoms with Crippen LogP contribution in [0, 0.1) is 0 Å². The lowest BCUT2D eigenvalue weighted by atomic mass is 10.2. The van der Waals surface area contributed by atoms with E-state index in [0.717, 1.165) is 12.8 Å². The standard InChI is InChI=1S/C17H20N2O3S/c20-16(7-1-4-14-5-3-13-23-14)18-8-10-19(11-9-18)17(21)15-6-2-12-22-15/h2-3,5-6,12-13H,1,4,7-11H2. The first-order valence-corrected chi connectivity index (χ1v) is 8.75. The van der Waals surface area contributed by atoms with Gasteiger partial charge in [-0.2, -0.15) is 0 Å². The van der Waals surface area contributed by atoms with Gasteiger partial charge in [0.25, 0.3) is 5.91 Å². The second-order valence-electron chi connectivity index (χ2n) is 5.58. The van der Waals surface area contributed by atoms with Crippen LogP contribution in [0.4, 0.5) is 0 Å². The minimum absolute atomic E-state index is 0.0974. The van der Waals surface area contributed by atoms with E-state index in [0.29, 0.717) is 38.4 Å². The van der Waals surface area contributed by atoms with Gasteiger partial charge in [0.2, 0.25) is 5.91 Å². The lowest BCUT2D eigenvalue weighted by molar-refractivity contribution is -0.132. The zero-order chi connectivity index (χ0) is 16.1. The minimum atomic E-state index is -0.0974. The molecule has 0 spiro atoms. The van der Waals surface area contributed by atoms with Gasteiger partial charge < -0.3 is 14.2 Å². The van der Waals surface area contributed by atoms with Gasteiger partial charge in [-0.25, -0.2) is 0 Å². The van der Waals surface area contributed by atoms with Crippen LogP contribution >= 0.6 is 11.3 Å². The zero-order valence-electron chi connectivity index (χ0n) is 12.9. The summed E-state index contributed by atoms with van der Waals surface area (Å²) >= 11 is 1.73. The predicted octanol–water partition coefficient (Wildman–Crippen LogP) is 2.65. The van der Waals surface area contributed by atoms with Gasteiger partial charge >= 0.3 is 0 Å². The molecule has 0 atom stereocenters. The molecule has 3 heterocycles. The van der Waals surface area contributed by atoms with Crippen LogP contribution < -0.4 is 0 Å². The van der Waals surface area contributed by atoms with E-state index in [1.165, 1.54) is 11.1 Å². The maximum absolute atomic E-state index is 12.2. The molecule has 3 rings (SSSR count). The fourth-order valence-electron chi connectivity index (χ4n) is 2.74. The van der Waals surface area contributed by atoms with Crippen LogP contribution in [-0.2, 0) is 11.2 Å². The predicted molar refractivity (Wildman–Crippen MR) is 88.4 cm³/mol. The fraction of sp³-hybridized carbons (Fsp3) is 0.412. The van der Waals surface area contributed by atoms with Crippen LogP contribution in [0.3, 0.4) is 0 Å². The van der Waals surface area contributed by atoms with Crippen molar-refractivity contribution in [2.75, 3.05) is 26.2 Å². The van der Waals surface area contributed by atoms with E-state index < -0.39 is 0 Å². The first kappa shape index (κ1) is 15.8. The molecule has 23 heavy (non-hydrogen) atoms. The van der Waals surface area contributed by atoms with Gasteiger partial charge in [0.15, 0.2) is 5.76 Å². The van der Waals surface area contributed by atoms with Crippen molar-refractivity contribution in [2.24, 2.45) is 0 Å². The monoisotopic (exact) mass is 332 g/mol. The van der Waals surface area contributed by atoms with Gasteiger partial charge in [-0.3, -0.25) is 9.59 Å². The van der Waals surface area contributed by atoms with Crippen LogP contribution in [0.15, 0.2) is 40.3 Å². The average molecular weight is 332 g/mol. The highest BCUT2D eigenvalue weighted by Gasteiger charge is 2.25. The molecule has 0 radical (unpaired) electrons. The van der Waals surface area contributed by atoms with Crippen molar-refractivity contribution in [2.45, 2.75) is 19.3 Å². The first-order chi connectivity index (χ1) is 11.2. The summed E-state index contributed by atoms with van der Waals surface area (Å²) in [4.78, 5) is 29.3. The smallest absolute Gasteiger partial charge is 0.289 e. The molecule has 1 saturated heterocycles. The minimum Gasteiger partial charge on any atom is -0.459 e. The number of carbonyl (C=O) groups excluding carboxylic acids is 2. The fourth-order valence-corrected chi connectivity index (χ4v) is 3.49. The molecule has 1 aliphatic heterocycles. The highest BCUT2D eigenvalue weighted by atomic mass is 32.1. The summed E-state index contributed by atoms with van der Waals surface area (Å²) in [5, 5.41) is 2.06. The number of amides is 2. The van der Waals surface area contributed by atoms with E-state index >= 15 is 0 Å². The van der Waals surface area contributed by atoms with Crippen molar-refractivity contribution in [3.05, 3.63) is 46.5 Å². The topological polar surface area (TPSA) is 53.8 Å². The highest BCUT2D eigenvalue weighted by molar-refractivity contribution is 7.09. The number of furan rings is 1. The average Bonchev–Trinajstić information content (AvgIpc) is 3.28. The number of hydrogen-bond acceptors (Lipinski definition) is 4. The van der Waals surface area contributed by atoms with Crippen LogP contribution in [-0.4, -0.2) is 47.8 Å². The Morgan fingerprint density at radius 3 is 2.52 bits per heavy atom. The third-order valence-corrected chi connectivity index (χ3v) is 4.98. The van der Waals surface area contributed by atoms with Crippen molar-refractivity contribution < 1.29 is 14.0 Å². The van der Waals surface area contributed by atoms with Crippen molar-refractivity contribution in [3.8, 4) is 0 Å². The number of hydrogen-bond donors (Lipinski definition) is 0. The molecular weight excluding hydrogens is 312 g/mol. The van der Waals surface area contributed by atoms with Gasteiger partial charge in [0, 0.05) is 37.5 Å². The van der Waals surface area contributed by atoms with Gasteiger partial charge in [0.1, 0.15) is 0 Å². The van der Waals surface area contributed by atoms with E-state index in [9.17, 15) is 9.59 Å². The maximum atomic E-state index is 12.2. The van der Waals surface area contributed by atoms with Gasteiger partial charge in [-0.15, -0.1) is 11.3 Å². The molecule has 0 unspecified atom stereocenters. The summed E-state index contributed by atoms with van der Waals surface area (Å²) in [5.74, 6) is 0.451.